The second-order valence-corrected chi connectivity index (χ2v) is 5.68. The highest BCUT2D eigenvalue weighted by molar-refractivity contribution is 7.13. The maximum absolute atomic E-state index is 12.3. The fraction of sp³-hybridized carbons (Fsp3) is 0.133. The number of rotatable bonds is 2. The van der Waals surface area contributed by atoms with E-state index >= 15 is 0 Å². The minimum absolute atomic E-state index is 0.0122. The Balaban J connectivity index is 1.71. The summed E-state index contributed by atoms with van der Waals surface area (Å²) in [5, 5.41) is 3.70. The molecule has 0 spiro atoms. The number of thiazole rings is 1. The standard InChI is InChI=1S/C15H12N4OS/c20-15(19-7-1-2-8-19)12-9-21-14(18-12)11-4-6-17-13-10(11)3-5-16-13/h1-6,9H,7-8H2,(H,16,17). The summed E-state index contributed by atoms with van der Waals surface area (Å²) in [6, 6.07) is 3.91. The van der Waals surface area contributed by atoms with Crippen LogP contribution in [0.3, 0.4) is 0 Å². The average molecular weight is 296 g/mol. The van der Waals surface area contributed by atoms with Crippen LogP contribution >= 0.6 is 11.3 Å². The SMILES string of the molecule is O=C(c1csc(-c2ccnc3[nH]ccc23)n1)N1CC=CC1. The Kier molecular flexibility index (Phi) is 2.82. The van der Waals surface area contributed by atoms with E-state index < -0.39 is 0 Å². The number of nitrogens with one attached hydrogen (secondary N) is 1. The van der Waals surface area contributed by atoms with Crippen molar-refractivity contribution >= 4 is 28.3 Å². The van der Waals surface area contributed by atoms with Crippen molar-refractivity contribution in [3.05, 3.63) is 47.8 Å². The van der Waals surface area contributed by atoms with Crippen molar-refractivity contribution < 1.29 is 4.79 Å². The molecule has 0 unspecified atom stereocenters. The van der Waals surface area contributed by atoms with Crippen LogP contribution < -0.4 is 0 Å². The minimum atomic E-state index is -0.0122. The number of pyridine rings is 1. The van der Waals surface area contributed by atoms with Gasteiger partial charge in [0.25, 0.3) is 5.91 Å². The fourth-order valence-corrected chi connectivity index (χ4v) is 3.28. The number of H-pyrrole nitrogens is 1. The van der Waals surface area contributed by atoms with Crippen LogP contribution in [0.5, 0.6) is 0 Å². The Hall–Kier alpha value is -2.47. The van der Waals surface area contributed by atoms with Crippen molar-refractivity contribution in [3.63, 3.8) is 0 Å². The summed E-state index contributed by atoms with van der Waals surface area (Å²) in [4.78, 5) is 26.0. The van der Waals surface area contributed by atoms with Crippen LogP contribution in [0.4, 0.5) is 0 Å². The zero-order chi connectivity index (χ0) is 14.2. The predicted octanol–water partition coefficient (Wildman–Crippen LogP) is 2.70. The van der Waals surface area contributed by atoms with E-state index in [0.29, 0.717) is 18.8 Å². The van der Waals surface area contributed by atoms with Crippen molar-refractivity contribution in [2.24, 2.45) is 0 Å². The third kappa shape index (κ3) is 2.04. The summed E-state index contributed by atoms with van der Waals surface area (Å²) in [7, 11) is 0. The third-order valence-corrected chi connectivity index (χ3v) is 4.39. The van der Waals surface area contributed by atoms with Crippen molar-refractivity contribution in [1.29, 1.82) is 0 Å². The number of carbonyl (C=O) groups is 1. The lowest BCUT2D eigenvalue weighted by Gasteiger charge is -2.12. The van der Waals surface area contributed by atoms with Gasteiger partial charge < -0.3 is 9.88 Å². The number of hydrogen-bond donors (Lipinski definition) is 1. The molecule has 0 atom stereocenters. The third-order valence-electron chi connectivity index (χ3n) is 3.52. The number of carbonyl (C=O) groups excluding carboxylic acids is 1. The molecule has 4 heterocycles. The van der Waals surface area contributed by atoms with E-state index in [0.717, 1.165) is 21.6 Å². The summed E-state index contributed by atoms with van der Waals surface area (Å²) in [6.45, 7) is 1.34. The highest BCUT2D eigenvalue weighted by Crippen LogP contribution is 2.29. The molecule has 0 aliphatic carbocycles. The summed E-state index contributed by atoms with van der Waals surface area (Å²) >= 11 is 1.49. The lowest BCUT2D eigenvalue weighted by atomic mass is 10.2. The molecule has 4 rings (SSSR count). The highest BCUT2D eigenvalue weighted by Gasteiger charge is 2.20. The highest BCUT2D eigenvalue weighted by atomic mass is 32.1. The quantitative estimate of drug-likeness (QED) is 0.740. The number of aromatic amines is 1. The van der Waals surface area contributed by atoms with E-state index in [-0.39, 0.29) is 5.91 Å². The van der Waals surface area contributed by atoms with Crippen LogP contribution in [-0.2, 0) is 0 Å². The van der Waals surface area contributed by atoms with Gasteiger partial charge in [-0.1, -0.05) is 12.2 Å². The molecule has 0 aromatic carbocycles. The molecule has 1 aliphatic rings. The van der Waals surface area contributed by atoms with Crippen molar-refractivity contribution in [1.82, 2.24) is 19.9 Å². The van der Waals surface area contributed by atoms with Gasteiger partial charge in [0.2, 0.25) is 0 Å². The lowest BCUT2D eigenvalue weighted by molar-refractivity contribution is 0.0795. The molecule has 1 N–H and O–H groups in total. The predicted molar refractivity (Wildman–Crippen MR) is 82.2 cm³/mol. The average Bonchev–Trinajstić information content (AvgIpc) is 3.25. The fourth-order valence-electron chi connectivity index (χ4n) is 2.45. The summed E-state index contributed by atoms with van der Waals surface area (Å²) < 4.78 is 0. The molecule has 0 radical (unpaired) electrons. The van der Waals surface area contributed by atoms with Gasteiger partial charge in [0.1, 0.15) is 16.3 Å². The summed E-state index contributed by atoms with van der Waals surface area (Å²) in [6.07, 6.45) is 7.60. The van der Waals surface area contributed by atoms with Crippen molar-refractivity contribution in [2.75, 3.05) is 13.1 Å². The number of amides is 1. The Morgan fingerprint density at radius 3 is 3.00 bits per heavy atom. The van der Waals surface area contributed by atoms with Gasteiger partial charge >= 0.3 is 0 Å². The van der Waals surface area contributed by atoms with Crippen LogP contribution in [0.15, 0.2) is 42.1 Å². The molecular formula is C15H12N4OS. The molecule has 0 saturated carbocycles. The van der Waals surface area contributed by atoms with E-state index in [4.69, 9.17) is 0 Å². The van der Waals surface area contributed by atoms with Crippen LogP contribution in [-0.4, -0.2) is 38.8 Å². The first kappa shape index (κ1) is 12.3. The molecule has 21 heavy (non-hydrogen) atoms. The van der Waals surface area contributed by atoms with Gasteiger partial charge in [-0.15, -0.1) is 11.3 Å². The van der Waals surface area contributed by atoms with Gasteiger partial charge in [0.15, 0.2) is 0 Å². The second kappa shape index (κ2) is 4.82. The zero-order valence-corrected chi connectivity index (χ0v) is 11.9. The molecule has 1 amide bonds. The Morgan fingerprint density at radius 2 is 2.14 bits per heavy atom. The molecule has 0 saturated heterocycles. The van der Waals surface area contributed by atoms with E-state index in [1.807, 2.05) is 35.9 Å². The number of fused-ring (bicyclic) bond motifs is 1. The summed E-state index contributed by atoms with van der Waals surface area (Å²) in [5.74, 6) is -0.0122. The van der Waals surface area contributed by atoms with Crippen LogP contribution in [0.25, 0.3) is 21.6 Å². The first-order valence-electron chi connectivity index (χ1n) is 6.65. The normalized spacial score (nSPS) is 14.2. The van der Waals surface area contributed by atoms with E-state index in [1.165, 1.54) is 11.3 Å². The van der Waals surface area contributed by atoms with Gasteiger partial charge in [-0.2, -0.15) is 0 Å². The van der Waals surface area contributed by atoms with E-state index in [2.05, 4.69) is 15.0 Å². The van der Waals surface area contributed by atoms with Crippen LogP contribution in [0.1, 0.15) is 10.5 Å². The smallest absolute Gasteiger partial charge is 0.273 e. The number of nitrogens with zero attached hydrogens (tertiary/aromatic N) is 3. The van der Waals surface area contributed by atoms with Gasteiger partial charge in [0.05, 0.1) is 0 Å². The topological polar surface area (TPSA) is 61.9 Å². The maximum atomic E-state index is 12.3. The monoisotopic (exact) mass is 296 g/mol. The lowest BCUT2D eigenvalue weighted by Crippen LogP contribution is -2.28. The zero-order valence-electron chi connectivity index (χ0n) is 11.1. The molecule has 0 fully saturated rings. The Bertz CT molecular complexity index is 840. The van der Waals surface area contributed by atoms with E-state index in [1.54, 1.807) is 11.1 Å². The van der Waals surface area contributed by atoms with Crippen molar-refractivity contribution in [2.45, 2.75) is 0 Å². The summed E-state index contributed by atoms with van der Waals surface area (Å²) in [5.41, 5.74) is 2.35. The van der Waals surface area contributed by atoms with Crippen LogP contribution in [0.2, 0.25) is 0 Å². The molecule has 3 aromatic rings. The van der Waals surface area contributed by atoms with Crippen molar-refractivity contribution in [3.8, 4) is 10.6 Å². The van der Waals surface area contributed by atoms with Gasteiger partial charge in [-0.05, 0) is 12.1 Å². The van der Waals surface area contributed by atoms with Gasteiger partial charge in [-0.25, -0.2) is 9.97 Å². The molecule has 5 nitrogen and oxygen atoms in total. The maximum Gasteiger partial charge on any atom is 0.273 e. The minimum Gasteiger partial charge on any atom is -0.346 e. The number of aromatic nitrogens is 3. The molecule has 1 aliphatic heterocycles. The number of hydrogen-bond acceptors (Lipinski definition) is 4. The molecular weight excluding hydrogens is 284 g/mol. The van der Waals surface area contributed by atoms with E-state index in [9.17, 15) is 4.79 Å². The molecule has 6 heteroatoms. The van der Waals surface area contributed by atoms with Gasteiger partial charge in [0, 0.05) is 41.8 Å². The molecule has 104 valence electrons. The first-order valence-corrected chi connectivity index (χ1v) is 7.53. The Morgan fingerprint density at radius 1 is 1.29 bits per heavy atom. The first-order chi connectivity index (χ1) is 10.3. The second-order valence-electron chi connectivity index (χ2n) is 4.82. The molecule has 0 bridgehead atoms. The largest absolute Gasteiger partial charge is 0.346 e. The van der Waals surface area contributed by atoms with Gasteiger partial charge in [-0.3, -0.25) is 4.79 Å². The van der Waals surface area contributed by atoms with Crippen LogP contribution in [0, 0.1) is 0 Å². The molecule has 3 aromatic heterocycles. The Labute approximate surface area is 125 Å².